The molecule has 6 nitrogen and oxygen atoms in total. The Kier molecular flexibility index (Phi) is 3.22. The Morgan fingerprint density at radius 3 is 2.78 bits per heavy atom. The van der Waals surface area contributed by atoms with Crippen molar-refractivity contribution < 1.29 is 17.6 Å². The van der Waals surface area contributed by atoms with E-state index in [9.17, 15) is 17.6 Å². The van der Waals surface area contributed by atoms with Crippen molar-refractivity contribution in [3.8, 4) is 0 Å². The SMILES string of the molecule is Nc1ccc(F)cc1S(=O)(=O)NC1CNC(=O)C1. The van der Waals surface area contributed by atoms with E-state index in [1.807, 2.05) is 0 Å². The molecule has 1 aromatic rings. The summed E-state index contributed by atoms with van der Waals surface area (Å²) in [7, 11) is -3.93. The molecule has 0 radical (unpaired) electrons. The van der Waals surface area contributed by atoms with Gasteiger partial charge in [-0.15, -0.1) is 0 Å². The van der Waals surface area contributed by atoms with E-state index in [1.165, 1.54) is 6.07 Å². The van der Waals surface area contributed by atoms with E-state index < -0.39 is 21.9 Å². The smallest absolute Gasteiger partial charge is 0.243 e. The molecule has 8 heteroatoms. The molecule has 18 heavy (non-hydrogen) atoms. The number of carbonyl (C=O) groups excluding carboxylic acids is 1. The number of carbonyl (C=O) groups is 1. The highest BCUT2D eigenvalue weighted by molar-refractivity contribution is 7.89. The van der Waals surface area contributed by atoms with Crippen LogP contribution in [0.25, 0.3) is 0 Å². The lowest BCUT2D eigenvalue weighted by Crippen LogP contribution is -2.36. The zero-order valence-corrected chi connectivity index (χ0v) is 10.1. The standard InChI is InChI=1S/C10H12FN3O3S/c11-6-1-2-8(12)9(3-6)18(16,17)14-7-4-10(15)13-5-7/h1-3,7,14H,4-5,12H2,(H,13,15). The van der Waals surface area contributed by atoms with Gasteiger partial charge in [-0.3, -0.25) is 4.79 Å². The van der Waals surface area contributed by atoms with Crippen molar-refractivity contribution in [2.45, 2.75) is 17.4 Å². The average molecular weight is 273 g/mol. The second-order valence-electron chi connectivity index (χ2n) is 4.01. The third kappa shape index (κ3) is 2.59. The van der Waals surface area contributed by atoms with Gasteiger partial charge in [0.2, 0.25) is 15.9 Å². The number of anilines is 1. The highest BCUT2D eigenvalue weighted by atomic mass is 32.2. The predicted octanol–water partition coefficient (Wildman–Crippen LogP) is -0.425. The fourth-order valence-electron chi connectivity index (χ4n) is 1.71. The highest BCUT2D eigenvalue weighted by Crippen LogP contribution is 2.20. The molecule has 1 unspecified atom stereocenters. The second-order valence-corrected chi connectivity index (χ2v) is 5.69. The number of halogens is 1. The summed E-state index contributed by atoms with van der Waals surface area (Å²) in [5, 5.41) is 2.50. The van der Waals surface area contributed by atoms with Gasteiger partial charge in [0.1, 0.15) is 10.7 Å². The number of nitrogens with two attached hydrogens (primary N) is 1. The zero-order valence-electron chi connectivity index (χ0n) is 9.31. The number of amides is 1. The Bertz CT molecular complexity index is 588. The lowest BCUT2D eigenvalue weighted by Gasteiger charge is -2.12. The lowest BCUT2D eigenvalue weighted by molar-refractivity contribution is -0.119. The van der Waals surface area contributed by atoms with E-state index in [1.54, 1.807) is 0 Å². The molecule has 4 N–H and O–H groups in total. The van der Waals surface area contributed by atoms with Gasteiger partial charge in [0.05, 0.1) is 5.69 Å². The summed E-state index contributed by atoms with van der Waals surface area (Å²) in [6.45, 7) is 0.216. The maximum absolute atomic E-state index is 13.0. The summed E-state index contributed by atoms with van der Waals surface area (Å²) in [5.41, 5.74) is 5.47. The minimum Gasteiger partial charge on any atom is -0.398 e. The van der Waals surface area contributed by atoms with Gasteiger partial charge >= 0.3 is 0 Å². The zero-order chi connectivity index (χ0) is 13.3. The number of nitrogens with one attached hydrogen (secondary N) is 2. The fraction of sp³-hybridized carbons (Fsp3) is 0.300. The summed E-state index contributed by atoms with van der Waals surface area (Å²) in [4.78, 5) is 10.6. The maximum atomic E-state index is 13.0. The fourth-order valence-corrected chi connectivity index (χ4v) is 3.09. The Morgan fingerprint density at radius 2 is 2.17 bits per heavy atom. The van der Waals surface area contributed by atoms with Crippen LogP contribution in [0.15, 0.2) is 23.1 Å². The van der Waals surface area contributed by atoms with Crippen LogP contribution in [0.1, 0.15) is 6.42 Å². The monoisotopic (exact) mass is 273 g/mol. The Labute approximate surface area is 103 Å². The van der Waals surface area contributed by atoms with E-state index in [0.29, 0.717) is 0 Å². The molecule has 98 valence electrons. The molecule has 0 bridgehead atoms. The first-order chi connectivity index (χ1) is 8.38. The van der Waals surface area contributed by atoms with Crippen LogP contribution in [0.2, 0.25) is 0 Å². The molecule has 0 spiro atoms. The van der Waals surface area contributed by atoms with Gasteiger partial charge in [0.15, 0.2) is 0 Å². The van der Waals surface area contributed by atoms with Crippen molar-refractivity contribution in [1.29, 1.82) is 0 Å². The highest BCUT2D eigenvalue weighted by Gasteiger charge is 2.28. The molecule has 1 saturated heterocycles. The first kappa shape index (κ1) is 12.8. The van der Waals surface area contributed by atoms with Crippen LogP contribution < -0.4 is 15.8 Å². The largest absolute Gasteiger partial charge is 0.398 e. The van der Waals surface area contributed by atoms with Gasteiger partial charge in [0, 0.05) is 19.0 Å². The molecule has 1 heterocycles. The Balaban J connectivity index is 2.25. The van der Waals surface area contributed by atoms with Gasteiger partial charge < -0.3 is 11.1 Å². The Hall–Kier alpha value is -1.67. The Morgan fingerprint density at radius 1 is 1.44 bits per heavy atom. The van der Waals surface area contributed by atoms with Gasteiger partial charge in [-0.1, -0.05) is 0 Å². The number of benzene rings is 1. The van der Waals surface area contributed by atoms with Crippen molar-refractivity contribution >= 4 is 21.6 Å². The predicted molar refractivity (Wildman–Crippen MR) is 62.5 cm³/mol. The van der Waals surface area contributed by atoms with E-state index in [2.05, 4.69) is 10.0 Å². The molecule has 1 aromatic carbocycles. The third-order valence-corrected chi connectivity index (χ3v) is 4.14. The summed E-state index contributed by atoms with van der Waals surface area (Å²) >= 11 is 0. The van der Waals surface area contributed by atoms with Crippen molar-refractivity contribution in [1.82, 2.24) is 10.0 Å². The number of nitrogen functional groups attached to an aromatic ring is 1. The van der Waals surface area contributed by atoms with Crippen molar-refractivity contribution in [2.24, 2.45) is 0 Å². The van der Waals surface area contributed by atoms with E-state index >= 15 is 0 Å². The van der Waals surface area contributed by atoms with Crippen LogP contribution in [0.3, 0.4) is 0 Å². The molecular weight excluding hydrogens is 261 g/mol. The molecule has 1 amide bonds. The summed E-state index contributed by atoms with van der Waals surface area (Å²) < 4.78 is 39.3. The van der Waals surface area contributed by atoms with Crippen molar-refractivity contribution in [3.05, 3.63) is 24.0 Å². The van der Waals surface area contributed by atoms with Crippen LogP contribution in [-0.2, 0) is 14.8 Å². The molecule has 1 fully saturated rings. The summed E-state index contributed by atoms with van der Waals surface area (Å²) in [5.74, 6) is -0.917. The minimum atomic E-state index is -3.93. The van der Waals surface area contributed by atoms with Crippen molar-refractivity contribution in [2.75, 3.05) is 12.3 Å². The van der Waals surface area contributed by atoms with Crippen LogP contribution in [-0.4, -0.2) is 26.9 Å². The van der Waals surface area contributed by atoms with Gasteiger partial charge in [-0.25, -0.2) is 17.5 Å². The summed E-state index contributed by atoms with van der Waals surface area (Å²) in [6, 6.07) is 2.57. The lowest BCUT2D eigenvalue weighted by atomic mass is 10.3. The molecule has 1 aliphatic rings. The maximum Gasteiger partial charge on any atom is 0.243 e. The van der Waals surface area contributed by atoms with Gasteiger partial charge in [0.25, 0.3) is 0 Å². The van der Waals surface area contributed by atoms with Gasteiger partial charge in [-0.05, 0) is 18.2 Å². The van der Waals surface area contributed by atoms with E-state index in [-0.39, 0.29) is 29.5 Å². The topological polar surface area (TPSA) is 101 Å². The van der Waals surface area contributed by atoms with E-state index in [4.69, 9.17) is 5.73 Å². The molecular formula is C10H12FN3O3S. The third-order valence-electron chi connectivity index (χ3n) is 2.56. The average Bonchev–Trinajstić information content (AvgIpc) is 2.66. The number of hydrogen-bond donors (Lipinski definition) is 3. The number of sulfonamides is 1. The number of rotatable bonds is 3. The van der Waals surface area contributed by atoms with Gasteiger partial charge in [-0.2, -0.15) is 0 Å². The number of hydrogen-bond acceptors (Lipinski definition) is 4. The second kappa shape index (κ2) is 4.54. The van der Waals surface area contributed by atoms with E-state index in [0.717, 1.165) is 12.1 Å². The molecule has 1 aliphatic heterocycles. The van der Waals surface area contributed by atoms with Crippen molar-refractivity contribution in [3.63, 3.8) is 0 Å². The molecule has 0 aromatic heterocycles. The first-order valence-electron chi connectivity index (χ1n) is 5.22. The normalized spacial score (nSPS) is 19.8. The molecule has 0 saturated carbocycles. The molecule has 0 aliphatic carbocycles. The molecule has 2 rings (SSSR count). The van der Waals surface area contributed by atoms with Crippen LogP contribution >= 0.6 is 0 Å². The molecule has 1 atom stereocenters. The van der Waals surface area contributed by atoms with Crippen LogP contribution in [0.4, 0.5) is 10.1 Å². The van der Waals surface area contributed by atoms with Crippen LogP contribution in [0, 0.1) is 5.82 Å². The first-order valence-corrected chi connectivity index (χ1v) is 6.71. The van der Waals surface area contributed by atoms with Crippen LogP contribution in [0.5, 0.6) is 0 Å². The quantitative estimate of drug-likeness (QED) is 0.651. The summed E-state index contributed by atoms with van der Waals surface area (Å²) in [6.07, 6.45) is 0.0639. The minimum absolute atomic E-state index is 0.0406.